The maximum absolute atomic E-state index is 12.8. The Kier molecular flexibility index (Phi) is 5.56. The lowest BCUT2D eigenvalue weighted by molar-refractivity contribution is -0.120. The molecule has 1 amide bonds. The van der Waals surface area contributed by atoms with Crippen LogP contribution in [0.1, 0.15) is 32.3 Å². The van der Waals surface area contributed by atoms with E-state index in [4.69, 9.17) is 0 Å². The van der Waals surface area contributed by atoms with E-state index in [1.54, 1.807) is 12.1 Å². The number of anilines is 1. The Hall–Kier alpha value is -2.67. The number of carbonyl (C=O) groups excluding carboxylic acids is 1. The molecule has 0 aromatic heterocycles. The predicted molar refractivity (Wildman–Crippen MR) is 111 cm³/mol. The van der Waals surface area contributed by atoms with Gasteiger partial charge in [0.25, 0.3) is 10.0 Å². The number of sulfonamides is 1. The van der Waals surface area contributed by atoms with Crippen LogP contribution in [0.3, 0.4) is 0 Å². The fourth-order valence-corrected chi connectivity index (χ4v) is 4.25. The second-order valence-electron chi connectivity index (χ2n) is 7.48. The van der Waals surface area contributed by atoms with Gasteiger partial charge in [-0.25, -0.2) is 0 Å². The summed E-state index contributed by atoms with van der Waals surface area (Å²) in [6.07, 6.45) is 1.55. The third-order valence-corrected chi connectivity index (χ3v) is 6.31. The summed E-state index contributed by atoms with van der Waals surface area (Å²) < 4.78 is 29.3. The topological polar surface area (TPSA) is 78.8 Å². The van der Waals surface area contributed by atoms with Crippen molar-refractivity contribution in [3.8, 4) is 0 Å². The second-order valence-corrected chi connectivity index (χ2v) is 9.08. The summed E-state index contributed by atoms with van der Waals surface area (Å²) in [4.78, 5) is 14.7. The van der Waals surface area contributed by atoms with Crippen molar-refractivity contribution in [1.29, 1.82) is 0 Å². The van der Waals surface area contributed by atoms with Crippen molar-refractivity contribution >= 4 is 27.5 Å². The van der Waals surface area contributed by atoms with E-state index in [0.29, 0.717) is 17.9 Å². The van der Waals surface area contributed by atoms with Crippen LogP contribution in [0.15, 0.2) is 63.9 Å². The minimum Gasteiger partial charge on any atom is -0.362 e. The molecule has 0 saturated carbocycles. The average molecular weight is 400 g/mol. The minimum atomic E-state index is -3.83. The summed E-state index contributed by atoms with van der Waals surface area (Å²) >= 11 is 0. The molecule has 1 N–H and O–H groups in total. The van der Waals surface area contributed by atoms with E-state index in [1.165, 1.54) is 12.1 Å². The van der Waals surface area contributed by atoms with Crippen LogP contribution >= 0.6 is 0 Å². The first-order valence-electron chi connectivity index (χ1n) is 9.22. The molecule has 1 aliphatic heterocycles. The van der Waals surface area contributed by atoms with Gasteiger partial charge in [-0.1, -0.05) is 36.4 Å². The van der Waals surface area contributed by atoms with Crippen LogP contribution in [0.2, 0.25) is 0 Å². The van der Waals surface area contributed by atoms with Gasteiger partial charge in [0.15, 0.2) is 0 Å². The number of benzene rings is 2. The molecular formula is C21H25N3O3S. The molecule has 0 spiro atoms. The number of amidine groups is 1. The van der Waals surface area contributed by atoms with Gasteiger partial charge in [0, 0.05) is 25.7 Å². The molecule has 2 aromatic carbocycles. The van der Waals surface area contributed by atoms with Crippen molar-refractivity contribution < 1.29 is 13.2 Å². The van der Waals surface area contributed by atoms with Crippen LogP contribution in [0, 0.1) is 0 Å². The number of hydrogen-bond donors (Lipinski definition) is 1. The third-order valence-electron chi connectivity index (χ3n) is 5.01. The first kappa shape index (κ1) is 20.1. The van der Waals surface area contributed by atoms with Crippen LogP contribution in [0.25, 0.3) is 0 Å². The van der Waals surface area contributed by atoms with Gasteiger partial charge in [-0.3, -0.25) is 4.79 Å². The SMILES string of the molecule is CN1CCCC1=NS(=O)(=O)c1cccc(NC(=O)C(C)(C)c2ccccc2)c1. The summed E-state index contributed by atoms with van der Waals surface area (Å²) in [5.74, 6) is 0.356. The smallest absolute Gasteiger partial charge is 0.284 e. The van der Waals surface area contributed by atoms with E-state index < -0.39 is 15.4 Å². The molecular weight excluding hydrogens is 374 g/mol. The lowest BCUT2D eigenvalue weighted by Gasteiger charge is -2.24. The fourth-order valence-electron chi connectivity index (χ4n) is 3.11. The molecule has 0 aliphatic carbocycles. The van der Waals surface area contributed by atoms with Gasteiger partial charge in [0.1, 0.15) is 5.84 Å². The highest BCUT2D eigenvalue weighted by Gasteiger charge is 2.30. The standard InChI is InChI=1S/C21H25N3O3S/c1-21(2,16-9-5-4-6-10-16)20(25)22-17-11-7-12-18(15-17)28(26,27)23-19-13-8-14-24(19)3/h4-7,9-12,15H,8,13-14H2,1-3H3,(H,22,25). The first-order chi connectivity index (χ1) is 13.2. The van der Waals surface area contributed by atoms with Crippen molar-refractivity contribution in [3.05, 3.63) is 60.2 Å². The number of nitrogens with zero attached hydrogens (tertiary/aromatic N) is 2. The van der Waals surface area contributed by atoms with E-state index in [2.05, 4.69) is 9.71 Å². The van der Waals surface area contributed by atoms with Crippen molar-refractivity contribution in [2.75, 3.05) is 18.9 Å². The van der Waals surface area contributed by atoms with E-state index >= 15 is 0 Å². The zero-order chi connectivity index (χ0) is 20.4. The quantitative estimate of drug-likeness (QED) is 0.836. The van der Waals surface area contributed by atoms with Gasteiger partial charge >= 0.3 is 0 Å². The highest BCUT2D eigenvalue weighted by Crippen LogP contribution is 2.26. The number of hydrogen-bond acceptors (Lipinski definition) is 3. The predicted octanol–water partition coefficient (Wildman–Crippen LogP) is 3.42. The van der Waals surface area contributed by atoms with E-state index in [0.717, 1.165) is 18.5 Å². The van der Waals surface area contributed by atoms with Gasteiger partial charge in [-0.15, -0.1) is 4.40 Å². The van der Waals surface area contributed by atoms with Crippen LogP contribution in [0.4, 0.5) is 5.69 Å². The number of carbonyl (C=O) groups is 1. The highest BCUT2D eigenvalue weighted by atomic mass is 32.2. The minimum absolute atomic E-state index is 0.0654. The molecule has 7 heteroatoms. The van der Waals surface area contributed by atoms with Gasteiger partial charge in [0.05, 0.1) is 10.3 Å². The number of amides is 1. The number of rotatable bonds is 5. The Bertz CT molecular complexity index is 999. The zero-order valence-corrected chi connectivity index (χ0v) is 17.2. The fraction of sp³-hybridized carbons (Fsp3) is 0.333. The van der Waals surface area contributed by atoms with Crippen molar-refractivity contribution in [2.45, 2.75) is 37.0 Å². The van der Waals surface area contributed by atoms with Gasteiger partial charge < -0.3 is 10.2 Å². The second kappa shape index (κ2) is 7.75. The Balaban J connectivity index is 1.83. The summed E-state index contributed by atoms with van der Waals surface area (Å²) in [5.41, 5.74) is 0.546. The number of likely N-dealkylation sites (tertiary alicyclic amines) is 1. The zero-order valence-electron chi connectivity index (χ0n) is 16.3. The Labute approximate surface area is 166 Å². The van der Waals surface area contributed by atoms with Crippen LogP contribution in [0.5, 0.6) is 0 Å². The largest absolute Gasteiger partial charge is 0.362 e. The van der Waals surface area contributed by atoms with Crippen LogP contribution in [-0.2, 0) is 20.2 Å². The van der Waals surface area contributed by atoms with E-state index in [9.17, 15) is 13.2 Å². The first-order valence-corrected chi connectivity index (χ1v) is 10.7. The Morgan fingerprint density at radius 2 is 1.82 bits per heavy atom. The summed E-state index contributed by atoms with van der Waals surface area (Å²) in [6, 6.07) is 15.7. The Morgan fingerprint density at radius 1 is 1.11 bits per heavy atom. The highest BCUT2D eigenvalue weighted by molar-refractivity contribution is 7.90. The summed E-state index contributed by atoms with van der Waals surface area (Å²) in [7, 11) is -1.99. The molecule has 3 rings (SSSR count). The van der Waals surface area contributed by atoms with Crippen molar-refractivity contribution in [1.82, 2.24) is 4.90 Å². The molecule has 1 aliphatic rings. The normalized spacial score (nSPS) is 16.4. The van der Waals surface area contributed by atoms with Crippen molar-refractivity contribution in [3.63, 3.8) is 0 Å². The van der Waals surface area contributed by atoms with E-state index in [1.807, 2.05) is 56.1 Å². The monoisotopic (exact) mass is 399 g/mol. The molecule has 1 heterocycles. The molecule has 1 fully saturated rings. The van der Waals surface area contributed by atoms with Gasteiger partial charge in [-0.2, -0.15) is 8.42 Å². The molecule has 0 unspecified atom stereocenters. The molecule has 0 atom stereocenters. The lowest BCUT2D eigenvalue weighted by atomic mass is 9.83. The number of nitrogens with one attached hydrogen (secondary N) is 1. The molecule has 1 saturated heterocycles. The average Bonchev–Trinajstić information content (AvgIpc) is 3.06. The molecule has 2 aromatic rings. The maximum atomic E-state index is 12.8. The molecule has 148 valence electrons. The Morgan fingerprint density at radius 3 is 2.46 bits per heavy atom. The van der Waals surface area contributed by atoms with E-state index in [-0.39, 0.29) is 10.8 Å². The maximum Gasteiger partial charge on any atom is 0.284 e. The summed E-state index contributed by atoms with van der Waals surface area (Å²) in [5, 5.41) is 2.83. The molecule has 0 radical (unpaired) electrons. The van der Waals surface area contributed by atoms with Crippen LogP contribution < -0.4 is 5.32 Å². The molecule has 6 nitrogen and oxygen atoms in total. The molecule has 28 heavy (non-hydrogen) atoms. The van der Waals surface area contributed by atoms with Gasteiger partial charge in [-0.05, 0) is 44.0 Å². The summed E-state index contributed by atoms with van der Waals surface area (Å²) in [6.45, 7) is 4.47. The third kappa shape index (κ3) is 4.25. The molecule has 0 bridgehead atoms. The van der Waals surface area contributed by atoms with Crippen LogP contribution in [-0.4, -0.2) is 38.7 Å². The van der Waals surface area contributed by atoms with Crippen molar-refractivity contribution in [2.24, 2.45) is 4.40 Å². The lowest BCUT2D eigenvalue weighted by Crippen LogP contribution is -2.34. The van der Waals surface area contributed by atoms with Gasteiger partial charge in [0.2, 0.25) is 5.91 Å².